The second kappa shape index (κ2) is 8.26. The predicted molar refractivity (Wildman–Crippen MR) is 118 cm³/mol. The Morgan fingerprint density at radius 3 is 2.72 bits per heavy atom. The Kier molecular flexibility index (Phi) is 5.55. The molecular formula is C21H21N3O3S2. The van der Waals surface area contributed by atoms with Crippen LogP contribution in [0.5, 0.6) is 11.5 Å². The molecule has 3 heterocycles. The van der Waals surface area contributed by atoms with E-state index in [1.807, 2.05) is 46.0 Å². The van der Waals surface area contributed by atoms with Gasteiger partial charge in [0, 0.05) is 11.9 Å². The summed E-state index contributed by atoms with van der Waals surface area (Å²) in [5.41, 5.74) is 2.50. The number of nitrogens with one attached hydrogen (secondary N) is 1. The van der Waals surface area contributed by atoms with E-state index in [0.29, 0.717) is 41.0 Å². The van der Waals surface area contributed by atoms with E-state index in [9.17, 15) is 5.11 Å². The summed E-state index contributed by atoms with van der Waals surface area (Å²) in [4.78, 5) is 7.60. The molecule has 3 aromatic rings. The van der Waals surface area contributed by atoms with Crippen molar-refractivity contribution in [1.82, 2.24) is 9.88 Å². The molecule has 8 heteroatoms. The number of methoxy groups -OCH3 is 2. The zero-order chi connectivity index (χ0) is 20.4. The van der Waals surface area contributed by atoms with Crippen molar-refractivity contribution in [2.75, 3.05) is 27.3 Å². The fourth-order valence-electron chi connectivity index (χ4n) is 3.28. The first kappa shape index (κ1) is 19.5. The molecule has 29 heavy (non-hydrogen) atoms. The van der Waals surface area contributed by atoms with Gasteiger partial charge >= 0.3 is 0 Å². The summed E-state index contributed by atoms with van der Waals surface area (Å²) in [6, 6.07) is 9.83. The molecule has 150 valence electrons. The highest BCUT2D eigenvalue weighted by Crippen LogP contribution is 2.34. The Morgan fingerprint density at radius 1 is 1.17 bits per heavy atom. The number of benzene rings is 1. The van der Waals surface area contributed by atoms with Gasteiger partial charge in [-0.1, -0.05) is 12.1 Å². The number of thiazole rings is 1. The highest BCUT2D eigenvalue weighted by Gasteiger charge is 2.30. The van der Waals surface area contributed by atoms with Gasteiger partial charge in [-0.3, -0.25) is 5.41 Å². The molecule has 0 amide bonds. The van der Waals surface area contributed by atoms with E-state index >= 15 is 0 Å². The highest BCUT2D eigenvalue weighted by molar-refractivity contribution is 7.14. The van der Waals surface area contributed by atoms with E-state index in [4.69, 9.17) is 14.9 Å². The number of nitrogens with zero attached hydrogens (tertiary/aromatic N) is 2. The van der Waals surface area contributed by atoms with Gasteiger partial charge in [-0.25, -0.2) is 4.98 Å². The molecule has 1 aliphatic heterocycles. The van der Waals surface area contributed by atoms with Gasteiger partial charge in [-0.05, 0) is 35.6 Å². The van der Waals surface area contributed by atoms with Crippen LogP contribution in [0.2, 0.25) is 0 Å². The second-order valence-electron chi connectivity index (χ2n) is 6.55. The molecule has 0 unspecified atom stereocenters. The molecule has 1 aliphatic rings. The topological polar surface area (TPSA) is 78.7 Å². The third-order valence-corrected chi connectivity index (χ3v) is 6.54. The zero-order valence-corrected chi connectivity index (χ0v) is 17.8. The summed E-state index contributed by atoms with van der Waals surface area (Å²) < 4.78 is 10.6. The van der Waals surface area contributed by atoms with Crippen molar-refractivity contribution in [3.05, 3.63) is 57.4 Å². The van der Waals surface area contributed by atoms with Gasteiger partial charge in [0.05, 0.1) is 36.9 Å². The molecule has 2 N–H and O–H groups in total. The third kappa shape index (κ3) is 3.86. The maximum atomic E-state index is 10.5. The Labute approximate surface area is 177 Å². The minimum Gasteiger partial charge on any atom is -0.510 e. The predicted octanol–water partition coefficient (Wildman–Crippen LogP) is 4.69. The first-order valence-corrected chi connectivity index (χ1v) is 10.8. The molecule has 0 saturated heterocycles. The first-order chi connectivity index (χ1) is 14.1. The van der Waals surface area contributed by atoms with Crippen LogP contribution in [0.4, 0.5) is 0 Å². The molecule has 2 aromatic heterocycles. The van der Waals surface area contributed by atoms with Crippen LogP contribution in [0.1, 0.15) is 10.6 Å². The number of thiophene rings is 1. The Bertz CT molecular complexity index is 1060. The van der Waals surface area contributed by atoms with Crippen molar-refractivity contribution in [3.63, 3.8) is 0 Å². The number of aromatic nitrogens is 1. The molecule has 0 spiro atoms. The smallest absolute Gasteiger partial charge is 0.160 e. The van der Waals surface area contributed by atoms with E-state index in [0.717, 1.165) is 22.6 Å². The van der Waals surface area contributed by atoms with E-state index in [2.05, 4.69) is 4.98 Å². The molecule has 0 fully saturated rings. The van der Waals surface area contributed by atoms with Crippen LogP contribution in [0.15, 0.2) is 46.9 Å². The number of amidine groups is 1. The summed E-state index contributed by atoms with van der Waals surface area (Å²) >= 11 is 3.09. The van der Waals surface area contributed by atoms with Crippen molar-refractivity contribution in [3.8, 4) is 22.1 Å². The maximum Gasteiger partial charge on any atom is 0.160 e. The van der Waals surface area contributed by atoms with Crippen LogP contribution in [0, 0.1) is 5.41 Å². The van der Waals surface area contributed by atoms with Crippen molar-refractivity contribution < 1.29 is 14.6 Å². The lowest BCUT2D eigenvalue weighted by Gasteiger charge is -2.18. The lowest BCUT2D eigenvalue weighted by atomic mass is 10.1. The Balaban J connectivity index is 1.45. The van der Waals surface area contributed by atoms with E-state index in [1.54, 1.807) is 25.6 Å². The van der Waals surface area contributed by atoms with Gasteiger partial charge in [0.2, 0.25) is 0 Å². The number of ether oxygens (including phenoxy) is 2. The summed E-state index contributed by atoms with van der Waals surface area (Å²) in [5.74, 6) is 1.90. The number of hydrogen-bond acceptors (Lipinski definition) is 7. The molecule has 0 aliphatic carbocycles. The number of hydrogen-bond donors (Lipinski definition) is 2. The van der Waals surface area contributed by atoms with Crippen LogP contribution in [0.25, 0.3) is 16.1 Å². The van der Waals surface area contributed by atoms with E-state index in [-0.39, 0.29) is 5.76 Å². The standard InChI is InChI=1S/C21H21N3O3S2/c1-26-16-6-5-13(10-17(16)27-2)7-8-24-11-15(25)19(20(24)22)21-23-14(12-29-21)18-4-3-9-28-18/h3-6,9-10,12,22,25H,7-8,11H2,1-2H3. The number of rotatable bonds is 7. The molecule has 0 atom stereocenters. The van der Waals surface area contributed by atoms with E-state index < -0.39 is 0 Å². The average Bonchev–Trinajstić information content (AvgIpc) is 3.47. The van der Waals surface area contributed by atoms with Crippen molar-refractivity contribution >= 4 is 34.1 Å². The summed E-state index contributed by atoms with van der Waals surface area (Å²) in [6.07, 6.45) is 0.724. The minimum absolute atomic E-state index is 0.203. The summed E-state index contributed by atoms with van der Waals surface area (Å²) in [6.45, 7) is 0.945. The van der Waals surface area contributed by atoms with Crippen LogP contribution in [-0.4, -0.2) is 48.1 Å². The lowest BCUT2D eigenvalue weighted by Crippen LogP contribution is -2.28. The van der Waals surface area contributed by atoms with Crippen LogP contribution in [-0.2, 0) is 6.42 Å². The SMILES string of the molecule is COc1ccc(CCN2CC(O)=C(c3nc(-c4cccs4)cs3)C2=N)cc1OC. The summed E-state index contributed by atoms with van der Waals surface area (Å²) in [5, 5.41) is 23.7. The van der Waals surface area contributed by atoms with Gasteiger partial charge < -0.3 is 19.5 Å². The zero-order valence-electron chi connectivity index (χ0n) is 16.1. The second-order valence-corrected chi connectivity index (χ2v) is 8.35. The Morgan fingerprint density at radius 2 is 2.00 bits per heavy atom. The first-order valence-electron chi connectivity index (χ1n) is 9.07. The van der Waals surface area contributed by atoms with Crippen LogP contribution in [0.3, 0.4) is 0 Å². The molecule has 0 saturated carbocycles. The normalized spacial score (nSPS) is 14.0. The molecule has 4 rings (SSSR count). The van der Waals surface area contributed by atoms with Crippen LogP contribution < -0.4 is 9.47 Å². The molecular weight excluding hydrogens is 406 g/mol. The van der Waals surface area contributed by atoms with Gasteiger partial charge in [-0.15, -0.1) is 22.7 Å². The fourth-order valence-corrected chi connectivity index (χ4v) is 4.92. The molecule has 0 radical (unpaired) electrons. The quantitative estimate of drug-likeness (QED) is 0.572. The molecule has 6 nitrogen and oxygen atoms in total. The largest absolute Gasteiger partial charge is 0.510 e. The van der Waals surface area contributed by atoms with Gasteiger partial charge in [0.15, 0.2) is 11.5 Å². The average molecular weight is 428 g/mol. The van der Waals surface area contributed by atoms with Crippen LogP contribution >= 0.6 is 22.7 Å². The van der Waals surface area contributed by atoms with Crippen molar-refractivity contribution in [2.24, 2.45) is 0 Å². The minimum atomic E-state index is 0.203. The van der Waals surface area contributed by atoms with Crippen molar-refractivity contribution in [1.29, 1.82) is 5.41 Å². The highest BCUT2D eigenvalue weighted by atomic mass is 32.1. The van der Waals surface area contributed by atoms with Gasteiger partial charge in [0.1, 0.15) is 16.6 Å². The Hall–Kier alpha value is -2.84. The summed E-state index contributed by atoms with van der Waals surface area (Å²) in [7, 11) is 3.23. The maximum absolute atomic E-state index is 10.5. The number of aliphatic hydroxyl groups excluding tert-OH is 1. The van der Waals surface area contributed by atoms with Crippen molar-refractivity contribution in [2.45, 2.75) is 6.42 Å². The molecule has 1 aromatic carbocycles. The van der Waals surface area contributed by atoms with Gasteiger partial charge in [0.25, 0.3) is 0 Å². The monoisotopic (exact) mass is 427 g/mol. The lowest BCUT2D eigenvalue weighted by molar-refractivity contribution is 0.349. The molecule has 0 bridgehead atoms. The fraction of sp³-hybridized carbons (Fsp3) is 0.238. The van der Waals surface area contributed by atoms with Gasteiger partial charge in [-0.2, -0.15) is 0 Å². The third-order valence-electron chi connectivity index (χ3n) is 4.79. The number of aliphatic hydroxyl groups is 1. The van der Waals surface area contributed by atoms with E-state index in [1.165, 1.54) is 11.3 Å².